The van der Waals surface area contributed by atoms with E-state index in [9.17, 15) is 10.1 Å². The van der Waals surface area contributed by atoms with Crippen LogP contribution in [0.25, 0.3) is 22.9 Å². The van der Waals surface area contributed by atoms with Gasteiger partial charge in [0.05, 0.1) is 36.0 Å². The lowest BCUT2D eigenvalue weighted by Gasteiger charge is -2.09. The topological polar surface area (TPSA) is 88.6 Å². The molecule has 0 radical (unpaired) electrons. The van der Waals surface area contributed by atoms with Gasteiger partial charge in [-0.1, -0.05) is 12.1 Å². The molecule has 0 unspecified atom stereocenters. The zero-order valence-corrected chi connectivity index (χ0v) is 16.2. The van der Waals surface area contributed by atoms with E-state index in [1.807, 2.05) is 30.3 Å². The molecule has 0 saturated carbocycles. The summed E-state index contributed by atoms with van der Waals surface area (Å²) in [6.45, 7) is 1.75. The predicted molar refractivity (Wildman–Crippen MR) is 111 cm³/mol. The van der Waals surface area contributed by atoms with Crippen LogP contribution in [0.1, 0.15) is 11.1 Å². The number of nitrogens with one attached hydrogen (secondary N) is 1. The van der Waals surface area contributed by atoms with Gasteiger partial charge < -0.3 is 14.8 Å². The van der Waals surface area contributed by atoms with Crippen LogP contribution in [-0.2, 0) is 0 Å². The standard InChI is InChI=1S/C22H18N4O3/c1-13-15(11-23)21-25-17-6-4-5-7-18(17)26(21)22(27)16(13)12-24-14-8-9-19(28-2)20(10-14)29-3/h4-10,12,24H,1-3H3/b16-12-. The summed E-state index contributed by atoms with van der Waals surface area (Å²) in [7, 11) is 3.13. The van der Waals surface area contributed by atoms with E-state index in [4.69, 9.17) is 9.47 Å². The number of fused-ring (bicyclic) bond motifs is 3. The molecule has 0 aliphatic heterocycles. The van der Waals surface area contributed by atoms with Gasteiger partial charge in [-0.3, -0.25) is 9.20 Å². The number of imidazole rings is 1. The molecule has 1 N–H and O–H groups in total. The lowest BCUT2D eigenvalue weighted by molar-refractivity contribution is 0.355. The summed E-state index contributed by atoms with van der Waals surface area (Å²) in [6.07, 6.45) is 1.61. The Morgan fingerprint density at radius 3 is 2.62 bits per heavy atom. The molecule has 4 rings (SSSR count). The molecule has 144 valence electrons. The number of anilines is 1. The molecule has 0 bridgehead atoms. The number of nitrogens with zero attached hydrogens (tertiary/aromatic N) is 3. The Bertz CT molecular complexity index is 1400. The number of pyridine rings is 1. The summed E-state index contributed by atoms with van der Waals surface area (Å²) in [5.41, 5.74) is 3.15. The molecule has 2 aromatic carbocycles. The Kier molecular flexibility index (Phi) is 4.53. The lowest BCUT2D eigenvalue weighted by atomic mass is 10.1. The van der Waals surface area contributed by atoms with E-state index < -0.39 is 0 Å². The van der Waals surface area contributed by atoms with Crippen molar-refractivity contribution in [3.8, 4) is 17.6 Å². The van der Waals surface area contributed by atoms with Crippen molar-refractivity contribution in [2.45, 2.75) is 6.92 Å². The minimum atomic E-state index is -0.238. The third-order valence-corrected chi connectivity index (χ3v) is 4.88. The van der Waals surface area contributed by atoms with Crippen LogP contribution in [0, 0.1) is 18.3 Å². The van der Waals surface area contributed by atoms with Crippen molar-refractivity contribution < 1.29 is 9.47 Å². The Hall–Kier alpha value is -4.05. The van der Waals surface area contributed by atoms with Crippen LogP contribution in [0.15, 0.2) is 47.3 Å². The number of ether oxygens (including phenoxy) is 2. The van der Waals surface area contributed by atoms with Gasteiger partial charge in [0.2, 0.25) is 0 Å². The monoisotopic (exact) mass is 386 g/mol. The van der Waals surface area contributed by atoms with E-state index in [1.165, 1.54) is 4.40 Å². The predicted octanol–water partition coefficient (Wildman–Crippen LogP) is 2.61. The van der Waals surface area contributed by atoms with Crippen molar-refractivity contribution in [1.29, 1.82) is 5.26 Å². The molecule has 0 aliphatic rings. The molecule has 29 heavy (non-hydrogen) atoms. The second kappa shape index (κ2) is 7.17. The minimum Gasteiger partial charge on any atom is -0.493 e. The second-order valence-corrected chi connectivity index (χ2v) is 6.45. The molecule has 0 spiro atoms. The average molecular weight is 386 g/mol. The van der Waals surface area contributed by atoms with Crippen molar-refractivity contribution in [3.05, 3.63) is 69.2 Å². The van der Waals surface area contributed by atoms with E-state index in [-0.39, 0.29) is 5.56 Å². The SMILES string of the molecule is COc1ccc(N/C=c2/c(C)c(C#N)c3nc4ccccc4n3c2=O)cc1OC. The summed E-state index contributed by atoms with van der Waals surface area (Å²) in [5, 5.41) is 13.2. The number of hydrogen-bond acceptors (Lipinski definition) is 6. The first kappa shape index (κ1) is 18.3. The van der Waals surface area contributed by atoms with Crippen molar-refractivity contribution >= 4 is 28.6 Å². The number of aromatic nitrogens is 2. The highest BCUT2D eigenvalue weighted by Crippen LogP contribution is 2.29. The summed E-state index contributed by atoms with van der Waals surface area (Å²) in [4.78, 5) is 17.7. The van der Waals surface area contributed by atoms with Gasteiger partial charge in [-0.25, -0.2) is 4.98 Å². The number of nitriles is 1. The molecular formula is C22H18N4O3. The summed E-state index contributed by atoms with van der Waals surface area (Å²) >= 11 is 0. The highest BCUT2D eigenvalue weighted by Gasteiger charge is 2.16. The third-order valence-electron chi connectivity index (χ3n) is 4.88. The third kappa shape index (κ3) is 2.91. The maximum absolute atomic E-state index is 13.2. The zero-order chi connectivity index (χ0) is 20.5. The number of rotatable bonds is 4. The molecule has 2 heterocycles. The Morgan fingerprint density at radius 1 is 1.14 bits per heavy atom. The van der Waals surface area contributed by atoms with Crippen LogP contribution in [0.5, 0.6) is 11.5 Å². The Labute approximate surface area is 166 Å². The van der Waals surface area contributed by atoms with Gasteiger partial charge in [-0.2, -0.15) is 5.26 Å². The first-order chi connectivity index (χ1) is 14.1. The van der Waals surface area contributed by atoms with Gasteiger partial charge in [0.25, 0.3) is 5.56 Å². The minimum absolute atomic E-state index is 0.238. The molecule has 0 atom stereocenters. The fraction of sp³-hybridized carbons (Fsp3) is 0.136. The number of hydrogen-bond donors (Lipinski definition) is 1. The molecule has 0 aliphatic carbocycles. The molecule has 7 nitrogen and oxygen atoms in total. The van der Waals surface area contributed by atoms with Gasteiger partial charge in [0.15, 0.2) is 17.1 Å². The molecular weight excluding hydrogens is 368 g/mol. The fourth-order valence-corrected chi connectivity index (χ4v) is 3.37. The van der Waals surface area contributed by atoms with Crippen molar-refractivity contribution in [2.75, 3.05) is 19.5 Å². The van der Waals surface area contributed by atoms with Gasteiger partial charge in [0.1, 0.15) is 6.07 Å². The zero-order valence-electron chi connectivity index (χ0n) is 16.2. The van der Waals surface area contributed by atoms with E-state index in [2.05, 4.69) is 16.4 Å². The number of methoxy groups -OCH3 is 2. The Morgan fingerprint density at radius 2 is 1.90 bits per heavy atom. The maximum Gasteiger partial charge on any atom is 0.265 e. The Balaban J connectivity index is 1.93. The van der Waals surface area contributed by atoms with Gasteiger partial charge in [0, 0.05) is 18.0 Å². The van der Waals surface area contributed by atoms with E-state index in [0.29, 0.717) is 44.5 Å². The first-order valence-corrected chi connectivity index (χ1v) is 8.91. The number of benzene rings is 2. The van der Waals surface area contributed by atoms with Crippen LogP contribution in [-0.4, -0.2) is 23.6 Å². The summed E-state index contributed by atoms with van der Waals surface area (Å²) in [6, 6.07) is 14.9. The molecule has 0 amide bonds. The van der Waals surface area contributed by atoms with Crippen molar-refractivity contribution in [2.24, 2.45) is 0 Å². The van der Waals surface area contributed by atoms with Gasteiger partial charge >= 0.3 is 0 Å². The maximum atomic E-state index is 13.2. The normalized spacial score (nSPS) is 11.6. The van der Waals surface area contributed by atoms with Gasteiger partial charge in [-0.05, 0) is 36.8 Å². The van der Waals surface area contributed by atoms with Crippen LogP contribution in [0.2, 0.25) is 0 Å². The fourth-order valence-electron chi connectivity index (χ4n) is 3.37. The van der Waals surface area contributed by atoms with Crippen LogP contribution in [0.3, 0.4) is 0 Å². The largest absolute Gasteiger partial charge is 0.493 e. The summed E-state index contributed by atoms with van der Waals surface area (Å²) in [5.74, 6) is 1.18. The van der Waals surface area contributed by atoms with E-state index >= 15 is 0 Å². The summed E-state index contributed by atoms with van der Waals surface area (Å²) < 4.78 is 12.0. The van der Waals surface area contributed by atoms with Crippen LogP contribution >= 0.6 is 0 Å². The number of para-hydroxylation sites is 2. The van der Waals surface area contributed by atoms with Crippen LogP contribution in [0.4, 0.5) is 5.69 Å². The first-order valence-electron chi connectivity index (χ1n) is 8.91. The van der Waals surface area contributed by atoms with E-state index in [0.717, 1.165) is 5.69 Å². The second-order valence-electron chi connectivity index (χ2n) is 6.45. The van der Waals surface area contributed by atoms with E-state index in [1.54, 1.807) is 39.5 Å². The van der Waals surface area contributed by atoms with Gasteiger partial charge in [-0.15, -0.1) is 0 Å². The van der Waals surface area contributed by atoms with Crippen molar-refractivity contribution in [3.63, 3.8) is 0 Å². The highest BCUT2D eigenvalue weighted by atomic mass is 16.5. The lowest BCUT2D eigenvalue weighted by Crippen LogP contribution is -2.34. The molecule has 0 fully saturated rings. The quantitative estimate of drug-likeness (QED) is 0.580. The smallest absolute Gasteiger partial charge is 0.265 e. The molecule has 4 aromatic rings. The molecule has 7 heteroatoms. The highest BCUT2D eigenvalue weighted by molar-refractivity contribution is 5.82. The average Bonchev–Trinajstić information content (AvgIpc) is 3.13. The van der Waals surface area contributed by atoms with Crippen molar-refractivity contribution in [1.82, 2.24) is 9.38 Å². The van der Waals surface area contributed by atoms with Crippen LogP contribution < -0.4 is 25.6 Å². The molecule has 0 saturated heterocycles. The molecule has 2 aromatic heterocycles.